The molecule has 0 aromatic heterocycles. The van der Waals surface area contributed by atoms with Crippen molar-refractivity contribution in [3.63, 3.8) is 0 Å². The van der Waals surface area contributed by atoms with Crippen LogP contribution in [0.15, 0.2) is 0 Å². The highest BCUT2D eigenvalue weighted by Gasteiger charge is 2.66. The van der Waals surface area contributed by atoms with E-state index in [1.165, 1.54) is 64.2 Å². The Bertz CT molecular complexity index is 719. The lowest BCUT2D eigenvalue weighted by molar-refractivity contribution is -0.0783. The fourth-order valence-electron chi connectivity index (χ4n) is 10.2. The normalized spacial score (nSPS) is 48.7. The molecule has 0 radical (unpaired) electrons. The maximum Gasteiger partial charge on any atom is 0.0540 e. The van der Waals surface area contributed by atoms with Gasteiger partial charge in [-0.2, -0.15) is 0 Å². The van der Waals surface area contributed by atoms with Crippen LogP contribution in [0.3, 0.4) is 0 Å². The Balaban J connectivity index is 1.58. The van der Waals surface area contributed by atoms with Crippen LogP contribution in [0.1, 0.15) is 139 Å². The Morgan fingerprint density at radius 1 is 0.912 bits per heavy atom. The van der Waals surface area contributed by atoms with Gasteiger partial charge in [0.05, 0.1) is 6.10 Å². The molecule has 0 amide bonds. The van der Waals surface area contributed by atoms with E-state index in [4.69, 9.17) is 5.73 Å². The van der Waals surface area contributed by atoms with Gasteiger partial charge in [-0.3, -0.25) is 0 Å². The predicted octanol–water partition coefficient (Wildman–Crippen LogP) is 8.36. The molecule has 34 heavy (non-hydrogen) atoms. The summed E-state index contributed by atoms with van der Waals surface area (Å²) >= 11 is 0. The molecule has 0 aromatic rings. The van der Waals surface area contributed by atoms with Crippen LogP contribution in [0.25, 0.3) is 0 Å². The highest BCUT2D eigenvalue weighted by atomic mass is 16.3. The first-order valence-electron chi connectivity index (χ1n) is 15.2. The minimum atomic E-state index is -0.0439. The molecule has 0 spiro atoms. The molecule has 3 N–H and O–H groups in total. The van der Waals surface area contributed by atoms with E-state index in [0.29, 0.717) is 21.7 Å². The fraction of sp³-hybridized carbons (Fsp3) is 1.00. The van der Waals surface area contributed by atoms with Crippen molar-refractivity contribution in [3.8, 4) is 0 Å². The third kappa shape index (κ3) is 4.44. The van der Waals surface area contributed by atoms with Crippen LogP contribution < -0.4 is 5.73 Å². The van der Waals surface area contributed by atoms with Crippen LogP contribution in [-0.4, -0.2) is 16.7 Å². The second-order valence-corrected chi connectivity index (χ2v) is 15.5. The van der Waals surface area contributed by atoms with Crippen LogP contribution in [0.2, 0.25) is 0 Å². The first-order chi connectivity index (χ1) is 15.7. The topological polar surface area (TPSA) is 46.2 Å². The van der Waals surface area contributed by atoms with E-state index in [9.17, 15) is 5.11 Å². The molecule has 0 aromatic carbocycles. The smallest absolute Gasteiger partial charge is 0.0540 e. The molecule has 0 heterocycles. The molecule has 4 rings (SSSR count). The summed E-state index contributed by atoms with van der Waals surface area (Å²) < 4.78 is 0. The third-order valence-electron chi connectivity index (χ3n) is 13.3. The standard InChI is InChI=1S/C32H59NO/c1-9-23-24(29(5)17-13-22(34)14-18-29)16-20-31(7)25(23)11-12-26(31)27(15-19-30(6,33)10-2)32(8)21-28(32,3)4/h22-27,34H,9-21,33H2,1-8H3. The second-order valence-electron chi connectivity index (χ2n) is 15.5. The average molecular weight is 474 g/mol. The minimum Gasteiger partial charge on any atom is -0.393 e. The van der Waals surface area contributed by atoms with Gasteiger partial charge >= 0.3 is 0 Å². The maximum atomic E-state index is 10.2. The Morgan fingerprint density at radius 3 is 2.06 bits per heavy atom. The number of rotatable bonds is 8. The van der Waals surface area contributed by atoms with Gasteiger partial charge in [-0.05, 0) is 135 Å². The Morgan fingerprint density at radius 2 is 1.53 bits per heavy atom. The predicted molar refractivity (Wildman–Crippen MR) is 146 cm³/mol. The van der Waals surface area contributed by atoms with E-state index in [0.717, 1.165) is 48.9 Å². The zero-order valence-electron chi connectivity index (χ0n) is 24.2. The Kier molecular flexibility index (Phi) is 7.17. The van der Waals surface area contributed by atoms with Gasteiger partial charge in [-0.25, -0.2) is 0 Å². The molecule has 0 saturated heterocycles. The van der Waals surface area contributed by atoms with Crippen molar-refractivity contribution in [1.82, 2.24) is 0 Å². The quantitative estimate of drug-likeness (QED) is 0.372. The van der Waals surface area contributed by atoms with Crippen molar-refractivity contribution in [2.75, 3.05) is 0 Å². The van der Waals surface area contributed by atoms with E-state index < -0.39 is 0 Å². The minimum absolute atomic E-state index is 0.0176. The summed E-state index contributed by atoms with van der Waals surface area (Å²) in [6.45, 7) is 20.0. The number of aliphatic hydroxyl groups is 1. The first-order valence-corrected chi connectivity index (χ1v) is 15.2. The molecule has 8 atom stereocenters. The Labute approximate surface area is 212 Å². The molecule has 4 fully saturated rings. The molecular weight excluding hydrogens is 414 g/mol. The lowest BCUT2D eigenvalue weighted by Gasteiger charge is -2.56. The summed E-state index contributed by atoms with van der Waals surface area (Å²) in [5.41, 5.74) is 8.62. The van der Waals surface area contributed by atoms with Crippen molar-refractivity contribution in [2.24, 2.45) is 57.0 Å². The molecule has 4 aliphatic carbocycles. The summed E-state index contributed by atoms with van der Waals surface area (Å²) in [6, 6.07) is 0. The van der Waals surface area contributed by atoms with Crippen molar-refractivity contribution < 1.29 is 5.11 Å². The van der Waals surface area contributed by atoms with Crippen LogP contribution in [-0.2, 0) is 0 Å². The first kappa shape index (κ1) is 27.0. The molecule has 4 aliphatic rings. The van der Waals surface area contributed by atoms with Crippen LogP contribution in [0.4, 0.5) is 0 Å². The van der Waals surface area contributed by atoms with E-state index >= 15 is 0 Å². The highest BCUT2D eigenvalue weighted by Crippen LogP contribution is 2.74. The molecule has 0 aliphatic heterocycles. The van der Waals surface area contributed by atoms with Gasteiger partial charge in [0.15, 0.2) is 0 Å². The van der Waals surface area contributed by atoms with Gasteiger partial charge < -0.3 is 10.8 Å². The van der Waals surface area contributed by atoms with E-state index in [1.807, 2.05) is 0 Å². The molecule has 198 valence electrons. The molecule has 8 unspecified atom stereocenters. The zero-order valence-corrected chi connectivity index (χ0v) is 24.2. The van der Waals surface area contributed by atoms with Gasteiger partial charge in [0.1, 0.15) is 0 Å². The average Bonchev–Trinajstić information content (AvgIpc) is 3.10. The van der Waals surface area contributed by atoms with Crippen LogP contribution >= 0.6 is 0 Å². The Hall–Kier alpha value is -0.0800. The molecule has 4 saturated carbocycles. The summed E-state index contributed by atoms with van der Waals surface area (Å²) in [5, 5.41) is 10.2. The monoisotopic (exact) mass is 473 g/mol. The molecular formula is C32H59NO. The summed E-state index contributed by atoms with van der Waals surface area (Å²) in [5.74, 6) is 4.32. The van der Waals surface area contributed by atoms with E-state index in [2.05, 4.69) is 55.4 Å². The number of fused-ring (bicyclic) bond motifs is 1. The zero-order chi connectivity index (χ0) is 25.2. The summed E-state index contributed by atoms with van der Waals surface area (Å²) in [7, 11) is 0. The third-order valence-corrected chi connectivity index (χ3v) is 13.3. The van der Waals surface area contributed by atoms with Gasteiger partial charge in [0, 0.05) is 5.54 Å². The van der Waals surface area contributed by atoms with Crippen molar-refractivity contribution in [1.29, 1.82) is 0 Å². The van der Waals surface area contributed by atoms with E-state index in [1.54, 1.807) is 0 Å². The lowest BCUT2D eigenvalue weighted by Crippen LogP contribution is -2.49. The largest absolute Gasteiger partial charge is 0.393 e. The van der Waals surface area contributed by atoms with Crippen molar-refractivity contribution in [2.45, 2.75) is 151 Å². The van der Waals surface area contributed by atoms with Gasteiger partial charge in [-0.15, -0.1) is 0 Å². The molecule has 2 nitrogen and oxygen atoms in total. The van der Waals surface area contributed by atoms with Crippen LogP contribution in [0, 0.1) is 51.2 Å². The van der Waals surface area contributed by atoms with Crippen LogP contribution in [0.5, 0.6) is 0 Å². The fourth-order valence-corrected chi connectivity index (χ4v) is 10.2. The van der Waals surface area contributed by atoms with Gasteiger partial charge in [0.2, 0.25) is 0 Å². The number of hydrogen-bond acceptors (Lipinski definition) is 2. The highest BCUT2D eigenvalue weighted by molar-refractivity contribution is 5.15. The maximum absolute atomic E-state index is 10.2. The number of hydrogen-bond donors (Lipinski definition) is 2. The van der Waals surface area contributed by atoms with Crippen molar-refractivity contribution >= 4 is 0 Å². The van der Waals surface area contributed by atoms with E-state index in [-0.39, 0.29) is 11.6 Å². The van der Waals surface area contributed by atoms with Gasteiger partial charge in [-0.1, -0.05) is 54.9 Å². The summed E-state index contributed by atoms with van der Waals surface area (Å²) in [4.78, 5) is 0. The van der Waals surface area contributed by atoms with Crippen molar-refractivity contribution in [3.05, 3.63) is 0 Å². The SMILES string of the molecule is CCC1C(C2(C)CCC(O)CC2)CCC2(C)C1CCC2C(CCC(C)(N)CC)C1(C)CC1(C)C. The second kappa shape index (κ2) is 9.04. The molecule has 2 heteroatoms. The number of aliphatic hydroxyl groups excluding tert-OH is 1. The van der Waals surface area contributed by atoms with Gasteiger partial charge in [0.25, 0.3) is 0 Å². The lowest BCUT2D eigenvalue weighted by atomic mass is 9.49. The summed E-state index contributed by atoms with van der Waals surface area (Å²) in [6.07, 6.45) is 16.6. The number of nitrogens with two attached hydrogens (primary N) is 1. The molecule has 0 bridgehead atoms.